The van der Waals surface area contributed by atoms with Gasteiger partial charge in [-0.05, 0) is 48.6 Å². The number of aromatic nitrogens is 3. The Morgan fingerprint density at radius 3 is 2.51 bits per heavy atom. The van der Waals surface area contributed by atoms with E-state index in [0.29, 0.717) is 50.8 Å². The summed E-state index contributed by atoms with van der Waals surface area (Å²) in [6.07, 6.45) is 3.72. The van der Waals surface area contributed by atoms with Crippen LogP contribution >= 0.6 is 10.2 Å². The third-order valence-electron chi connectivity index (χ3n) is 7.59. The van der Waals surface area contributed by atoms with E-state index in [0.717, 1.165) is 29.4 Å². The van der Waals surface area contributed by atoms with Crippen LogP contribution in [0.25, 0.3) is 11.2 Å². The van der Waals surface area contributed by atoms with Gasteiger partial charge >= 0.3 is 10.2 Å². The van der Waals surface area contributed by atoms with Crippen LogP contribution in [0, 0.1) is 0 Å². The molecule has 5 heterocycles. The number of ether oxygens (including phenoxy) is 1. The number of imidazole rings is 1. The first kappa shape index (κ1) is 24.4. The number of pyridine rings is 1. The van der Waals surface area contributed by atoms with E-state index in [1.54, 1.807) is 6.20 Å². The molecule has 0 radical (unpaired) electrons. The van der Waals surface area contributed by atoms with Gasteiger partial charge in [0, 0.05) is 44.0 Å². The zero-order valence-electron chi connectivity index (χ0n) is 19.5. The van der Waals surface area contributed by atoms with Crippen molar-refractivity contribution in [1.29, 1.82) is 0 Å². The molecular weight excluding hydrogens is 519 g/mol. The fourth-order valence-electron chi connectivity index (χ4n) is 5.61. The number of rotatable bonds is 4. The molecule has 3 aliphatic heterocycles. The molecule has 2 bridgehead atoms. The maximum absolute atomic E-state index is 13.1. The first-order valence-electron chi connectivity index (χ1n) is 11.9. The Balaban J connectivity index is 1.19. The number of fused-ring (bicyclic) bond motifs is 3. The third kappa shape index (κ3) is 4.20. The van der Waals surface area contributed by atoms with Crippen LogP contribution in [-0.4, -0.2) is 58.0 Å². The number of benzene rings is 1. The molecule has 3 aliphatic rings. The molecule has 0 spiro atoms. The minimum absolute atomic E-state index is 0.0899. The Labute approximate surface area is 208 Å². The molecule has 0 saturated carbocycles. The fourth-order valence-corrected chi connectivity index (χ4v) is 6.29. The Hall–Kier alpha value is -2.97. The number of nitrogen functional groups attached to an aromatic ring is 1. The summed E-state index contributed by atoms with van der Waals surface area (Å²) >= 11 is 0. The predicted octanol–water partition coefficient (Wildman–Crippen LogP) is 4.80. The number of amides is 1. The number of piperidine rings is 1. The second-order valence-electron chi connectivity index (χ2n) is 10.1. The zero-order chi connectivity index (χ0) is 26.3. The largest absolute Gasteiger partial charge is 0.398 e. The maximum Gasteiger partial charge on any atom is 0.310 e. The van der Waals surface area contributed by atoms with Crippen LogP contribution in [0.4, 0.5) is 25.1 Å². The molecule has 3 saturated heterocycles. The van der Waals surface area contributed by atoms with Gasteiger partial charge in [-0.2, -0.15) is 0 Å². The van der Waals surface area contributed by atoms with E-state index < -0.39 is 32.3 Å². The summed E-state index contributed by atoms with van der Waals surface area (Å²) in [5.41, 5.74) is 6.71. The molecule has 14 heteroatoms. The maximum atomic E-state index is 13.1. The molecule has 2 atom stereocenters. The fraction of sp³-hybridized carbons (Fsp3) is 0.435. The molecule has 4 N–H and O–H groups in total. The van der Waals surface area contributed by atoms with E-state index in [-0.39, 0.29) is 23.6 Å². The van der Waals surface area contributed by atoms with E-state index in [4.69, 9.17) is 15.5 Å². The SMILES string of the molecule is Nc1cc(S(F)(F)(F)(F)F)ccc1C(=O)N1CCC(c2ccnc3nc([C@@]45CN[C@@H](CO4)C5)[nH]c23)CC1. The number of nitrogens with zero attached hydrogens (tertiary/aromatic N) is 3. The lowest BCUT2D eigenvalue weighted by molar-refractivity contribution is -0.0154. The van der Waals surface area contributed by atoms with Gasteiger partial charge in [0.15, 0.2) is 5.65 Å². The van der Waals surface area contributed by atoms with Crippen molar-refractivity contribution in [1.82, 2.24) is 25.2 Å². The quantitative estimate of drug-likeness (QED) is 0.322. The standard InChI is InChI=1S/C23H25F5N6O2S/c24-37(25,26,27,28)15-1-2-17(18(29)9-15)21(35)34-7-4-13(5-8-34)16-3-6-30-20-19(16)32-22(33-20)23-10-14(11-36-23)31-12-23/h1-3,6,9,13-14,31H,4-5,7-8,10-12,29H2,(H,30,32,33)/t14-,23-/m1/s1. The molecule has 3 aromatic rings. The van der Waals surface area contributed by atoms with Gasteiger partial charge in [-0.1, -0.05) is 19.4 Å². The first-order chi connectivity index (χ1) is 17.2. The summed E-state index contributed by atoms with van der Waals surface area (Å²) in [6.45, 7) is 1.97. The highest BCUT2D eigenvalue weighted by atomic mass is 32.5. The zero-order valence-corrected chi connectivity index (χ0v) is 20.3. The molecule has 3 fully saturated rings. The molecule has 8 nitrogen and oxygen atoms in total. The number of nitrogens with one attached hydrogen (secondary N) is 2. The topological polar surface area (TPSA) is 109 Å². The molecule has 2 aromatic heterocycles. The molecular formula is C23H25F5N6O2S. The Bertz CT molecular complexity index is 1410. The average molecular weight is 545 g/mol. The van der Waals surface area contributed by atoms with Crippen molar-refractivity contribution in [3.05, 3.63) is 47.4 Å². The van der Waals surface area contributed by atoms with E-state index >= 15 is 0 Å². The Morgan fingerprint density at radius 1 is 1.16 bits per heavy atom. The summed E-state index contributed by atoms with van der Waals surface area (Å²) in [5, 5.41) is 3.42. The van der Waals surface area contributed by atoms with Crippen molar-refractivity contribution in [3.8, 4) is 0 Å². The number of hydrogen-bond acceptors (Lipinski definition) is 6. The first-order valence-corrected chi connectivity index (χ1v) is 13.8. The minimum atomic E-state index is -9.89. The number of likely N-dealkylation sites (tertiary alicyclic amines) is 1. The van der Waals surface area contributed by atoms with Crippen molar-refractivity contribution >= 4 is 33.0 Å². The van der Waals surface area contributed by atoms with Gasteiger partial charge < -0.3 is 25.7 Å². The second kappa shape index (κ2) is 7.32. The normalized spacial score (nSPS) is 26.4. The molecule has 0 aliphatic carbocycles. The number of H-pyrrole nitrogens is 1. The molecule has 37 heavy (non-hydrogen) atoms. The molecule has 200 valence electrons. The van der Waals surface area contributed by atoms with Crippen LogP contribution in [0.2, 0.25) is 0 Å². The highest BCUT2D eigenvalue weighted by Crippen LogP contribution is 3.02. The van der Waals surface area contributed by atoms with E-state index in [2.05, 4.69) is 15.3 Å². The number of hydrogen-bond donors (Lipinski definition) is 3. The third-order valence-corrected chi connectivity index (χ3v) is 8.73. The number of morpholine rings is 1. The lowest BCUT2D eigenvalue weighted by atomic mass is 9.89. The highest BCUT2D eigenvalue weighted by Gasteiger charge is 2.65. The van der Waals surface area contributed by atoms with Gasteiger partial charge in [0.25, 0.3) is 5.91 Å². The van der Waals surface area contributed by atoms with Crippen LogP contribution in [0.3, 0.4) is 0 Å². The highest BCUT2D eigenvalue weighted by molar-refractivity contribution is 8.45. The summed E-state index contributed by atoms with van der Waals surface area (Å²) < 4.78 is 71.5. The smallest absolute Gasteiger partial charge is 0.310 e. The van der Waals surface area contributed by atoms with Gasteiger partial charge in [-0.25, -0.2) is 9.97 Å². The van der Waals surface area contributed by atoms with Crippen molar-refractivity contribution in [3.63, 3.8) is 0 Å². The minimum Gasteiger partial charge on any atom is -0.398 e. The van der Waals surface area contributed by atoms with Crippen molar-refractivity contribution in [2.24, 2.45) is 0 Å². The van der Waals surface area contributed by atoms with Gasteiger partial charge in [0.1, 0.15) is 16.3 Å². The Kier molecular flexibility index (Phi) is 4.82. The summed E-state index contributed by atoms with van der Waals surface area (Å²) in [5.74, 6) is 0.245. The molecule has 6 rings (SSSR count). The summed E-state index contributed by atoms with van der Waals surface area (Å²) in [4.78, 5) is 24.9. The lowest BCUT2D eigenvalue weighted by Gasteiger charge is -2.40. The van der Waals surface area contributed by atoms with Crippen LogP contribution in [-0.2, 0) is 10.3 Å². The predicted molar refractivity (Wildman–Crippen MR) is 128 cm³/mol. The molecule has 1 aromatic carbocycles. The number of halogens is 5. The van der Waals surface area contributed by atoms with Gasteiger partial charge in [0.05, 0.1) is 17.7 Å². The number of anilines is 1. The van der Waals surface area contributed by atoms with Crippen LogP contribution in [0.1, 0.15) is 46.9 Å². The van der Waals surface area contributed by atoms with Crippen molar-refractivity contribution in [2.75, 3.05) is 32.0 Å². The van der Waals surface area contributed by atoms with E-state index in [9.17, 15) is 24.2 Å². The molecule has 1 amide bonds. The average Bonchev–Trinajstić information content (AvgIpc) is 3.57. The summed E-state index contributed by atoms with van der Waals surface area (Å²) in [6, 6.07) is 3.32. The Morgan fingerprint density at radius 2 is 1.92 bits per heavy atom. The number of carbonyl (C=O) groups excluding carboxylic acids is 1. The van der Waals surface area contributed by atoms with Crippen LogP contribution < -0.4 is 11.1 Å². The number of nitrogens with two attached hydrogens (primary N) is 1. The van der Waals surface area contributed by atoms with Crippen molar-refractivity contribution < 1.29 is 29.0 Å². The number of carbonyl (C=O) groups is 1. The summed E-state index contributed by atoms with van der Waals surface area (Å²) in [7, 11) is -9.89. The van der Waals surface area contributed by atoms with Gasteiger partial charge in [-0.15, -0.1) is 0 Å². The van der Waals surface area contributed by atoms with Crippen molar-refractivity contribution in [2.45, 2.75) is 41.7 Å². The monoisotopic (exact) mass is 544 g/mol. The number of aromatic amines is 1. The van der Waals surface area contributed by atoms with Crippen LogP contribution in [0.15, 0.2) is 35.4 Å². The van der Waals surface area contributed by atoms with E-state index in [1.807, 2.05) is 6.07 Å². The second-order valence-corrected chi connectivity index (χ2v) is 12.5. The van der Waals surface area contributed by atoms with E-state index in [1.165, 1.54) is 4.90 Å². The van der Waals surface area contributed by atoms with Crippen LogP contribution in [0.5, 0.6) is 0 Å². The molecule has 0 unspecified atom stereocenters. The van der Waals surface area contributed by atoms with Gasteiger partial charge in [0.2, 0.25) is 0 Å². The lowest BCUT2D eigenvalue weighted by Crippen LogP contribution is -2.38. The van der Waals surface area contributed by atoms with Gasteiger partial charge in [-0.3, -0.25) is 4.79 Å².